The summed E-state index contributed by atoms with van der Waals surface area (Å²) in [4.78, 5) is 60.0. The zero-order chi connectivity index (χ0) is 28.0. The molecule has 0 radical (unpaired) electrons. The normalized spacial score (nSPS) is 11.7. The lowest BCUT2D eigenvalue weighted by Crippen LogP contribution is -2.56. The van der Waals surface area contributed by atoms with Gasteiger partial charge in [-0.3, -0.25) is 19.2 Å². The van der Waals surface area contributed by atoms with Crippen LogP contribution in [0.3, 0.4) is 0 Å². The summed E-state index contributed by atoms with van der Waals surface area (Å²) in [6, 6.07) is 16.6. The van der Waals surface area contributed by atoms with Crippen LogP contribution in [-0.2, 0) is 36.9 Å². The molecule has 2 amide bonds. The Balaban J connectivity index is 2.27. The molecule has 11 heteroatoms. The fraction of sp³-hybridized carbons (Fsp3) is 0.370. The summed E-state index contributed by atoms with van der Waals surface area (Å²) in [6.07, 6.45) is -2.64. The van der Waals surface area contributed by atoms with Gasteiger partial charge in [0, 0.05) is 31.2 Å². The molecule has 5 N–H and O–H groups in total. The maximum Gasteiger partial charge on any atom is 0.408 e. The SMILES string of the molecule is O=C(O)CCC(CCC(=O)O)(CCC(=O)O)NC(=O)[C@H](Cc1ccccc1)NC(=O)OCc1ccccc1. The van der Waals surface area contributed by atoms with E-state index in [1.807, 2.05) is 6.07 Å². The van der Waals surface area contributed by atoms with Gasteiger partial charge in [0.1, 0.15) is 12.6 Å². The topological polar surface area (TPSA) is 179 Å². The molecule has 0 saturated heterocycles. The molecule has 0 fully saturated rings. The summed E-state index contributed by atoms with van der Waals surface area (Å²) >= 11 is 0. The van der Waals surface area contributed by atoms with E-state index in [0.717, 1.165) is 5.56 Å². The molecular weight excluding hydrogens is 496 g/mol. The van der Waals surface area contributed by atoms with E-state index in [-0.39, 0.29) is 32.3 Å². The van der Waals surface area contributed by atoms with Gasteiger partial charge in [-0.15, -0.1) is 0 Å². The van der Waals surface area contributed by atoms with Crippen molar-refractivity contribution in [3.05, 3.63) is 71.8 Å². The number of hydrogen-bond acceptors (Lipinski definition) is 6. The number of aliphatic carboxylic acids is 3. The van der Waals surface area contributed by atoms with Crippen LogP contribution in [0.15, 0.2) is 60.7 Å². The van der Waals surface area contributed by atoms with Crippen LogP contribution in [0.1, 0.15) is 49.7 Å². The quantitative estimate of drug-likeness (QED) is 0.219. The van der Waals surface area contributed by atoms with Crippen LogP contribution in [0.25, 0.3) is 0 Å². The Morgan fingerprint density at radius 2 is 1.16 bits per heavy atom. The van der Waals surface area contributed by atoms with Gasteiger partial charge in [-0.05, 0) is 30.4 Å². The monoisotopic (exact) mass is 528 g/mol. The Hall–Kier alpha value is -4.41. The molecule has 0 unspecified atom stereocenters. The molecule has 0 spiro atoms. The fourth-order valence-electron chi connectivity index (χ4n) is 3.92. The van der Waals surface area contributed by atoms with Crippen molar-refractivity contribution in [2.45, 2.75) is 63.1 Å². The van der Waals surface area contributed by atoms with Gasteiger partial charge in [0.2, 0.25) is 5.91 Å². The number of carbonyl (C=O) groups is 5. The number of ether oxygens (including phenoxy) is 1. The molecule has 0 aliphatic rings. The molecule has 38 heavy (non-hydrogen) atoms. The maximum absolute atomic E-state index is 13.5. The highest BCUT2D eigenvalue weighted by Crippen LogP contribution is 2.26. The van der Waals surface area contributed by atoms with Gasteiger partial charge in [-0.25, -0.2) is 4.79 Å². The summed E-state index contributed by atoms with van der Waals surface area (Å²) in [5, 5.41) is 32.9. The number of amides is 2. The number of carbonyl (C=O) groups excluding carboxylic acids is 2. The average Bonchev–Trinajstić information content (AvgIpc) is 2.89. The van der Waals surface area contributed by atoms with Crippen molar-refractivity contribution in [1.82, 2.24) is 10.6 Å². The van der Waals surface area contributed by atoms with E-state index < -0.39 is 60.8 Å². The van der Waals surface area contributed by atoms with Gasteiger partial charge in [0.15, 0.2) is 0 Å². The van der Waals surface area contributed by atoms with Crippen molar-refractivity contribution in [2.75, 3.05) is 0 Å². The van der Waals surface area contributed by atoms with Crippen LogP contribution in [0.5, 0.6) is 0 Å². The lowest BCUT2D eigenvalue weighted by Gasteiger charge is -2.36. The minimum Gasteiger partial charge on any atom is -0.481 e. The molecule has 0 aliphatic heterocycles. The van der Waals surface area contributed by atoms with Gasteiger partial charge < -0.3 is 30.7 Å². The van der Waals surface area contributed by atoms with E-state index in [2.05, 4.69) is 10.6 Å². The first kappa shape index (κ1) is 29.8. The van der Waals surface area contributed by atoms with E-state index in [1.54, 1.807) is 54.6 Å². The van der Waals surface area contributed by atoms with Crippen molar-refractivity contribution in [3.8, 4) is 0 Å². The smallest absolute Gasteiger partial charge is 0.408 e. The number of benzene rings is 2. The predicted octanol–water partition coefficient (Wildman–Crippen LogP) is 2.97. The van der Waals surface area contributed by atoms with Crippen LogP contribution in [-0.4, -0.2) is 56.8 Å². The molecule has 0 saturated carbocycles. The molecule has 2 aromatic carbocycles. The first-order chi connectivity index (χ1) is 18.1. The second-order valence-corrected chi connectivity index (χ2v) is 8.90. The third kappa shape index (κ3) is 11.1. The largest absolute Gasteiger partial charge is 0.481 e. The van der Waals surface area contributed by atoms with E-state index >= 15 is 0 Å². The fourth-order valence-corrected chi connectivity index (χ4v) is 3.92. The molecule has 2 rings (SSSR count). The Morgan fingerprint density at radius 3 is 1.61 bits per heavy atom. The zero-order valence-corrected chi connectivity index (χ0v) is 20.8. The van der Waals surface area contributed by atoms with Crippen LogP contribution in [0, 0.1) is 0 Å². The second kappa shape index (κ2) is 15.0. The van der Waals surface area contributed by atoms with Crippen molar-refractivity contribution in [3.63, 3.8) is 0 Å². The zero-order valence-electron chi connectivity index (χ0n) is 20.8. The summed E-state index contributed by atoms with van der Waals surface area (Å²) in [6.45, 7) is -0.0356. The van der Waals surface area contributed by atoms with Gasteiger partial charge in [0.25, 0.3) is 0 Å². The molecule has 0 bridgehead atoms. The van der Waals surface area contributed by atoms with Gasteiger partial charge in [0.05, 0.1) is 0 Å². The number of rotatable bonds is 16. The Kier molecular flexibility index (Phi) is 11.8. The lowest BCUT2D eigenvalue weighted by molar-refractivity contribution is -0.139. The van der Waals surface area contributed by atoms with Crippen molar-refractivity contribution in [2.24, 2.45) is 0 Å². The van der Waals surface area contributed by atoms with Crippen LogP contribution in [0.4, 0.5) is 4.79 Å². The van der Waals surface area contributed by atoms with Gasteiger partial charge >= 0.3 is 24.0 Å². The Bertz CT molecular complexity index is 1040. The van der Waals surface area contributed by atoms with E-state index in [1.165, 1.54) is 0 Å². The standard InChI is InChI=1S/C27H32N2O9/c30-22(31)11-14-27(15-12-23(32)33,16-13-24(34)35)29-25(36)21(17-19-7-3-1-4-8-19)28-26(37)38-18-20-9-5-2-6-10-20/h1-10,21H,11-18H2,(H,28,37)(H,29,36)(H,30,31)(H,32,33)(H,34,35)/t21-/m0/s1. The van der Waals surface area contributed by atoms with Crippen molar-refractivity contribution in [1.29, 1.82) is 0 Å². The number of carboxylic acids is 3. The molecule has 0 aliphatic carbocycles. The van der Waals surface area contributed by atoms with Gasteiger partial charge in [-0.1, -0.05) is 60.7 Å². The Morgan fingerprint density at radius 1 is 0.711 bits per heavy atom. The summed E-state index contributed by atoms with van der Waals surface area (Å²) in [7, 11) is 0. The molecule has 204 valence electrons. The minimum atomic E-state index is -1.43. The highest BCUT2D eigenvalue weighted by atomic mass is 16.5. The summed E-state index contributed by atoms with van der Waals surface area (Å²) in [5.41, 5.74) is 0.0153. The molecule has 0 heterocycles. The molecular formula is C27H32N2O9. The molecule has 1 atom stereocenters. The highest BCUT2D eigenvalue weighted by molar-refractivity contribution is 5.86. The average molecular weight is 529 g/mol. The number of nitrogens with one attached hydrogen (secondary N) is 2. The third-order valence-corrected chi connectivity index (χ3v) is 5.94. The second-order valence-electron chi connectivity index (χ2n) is 8.90. The van der Waals surface area contributed by atoms with E-state index in [0.29, 0.717) is 5.56 Å². The molecule has 2 aromatic rings. The summed E-state index contributed by atoms with van der Waals surface area (Å²) < 4.78 is 5.25. The van der Waals surface area contributed by atoms with Crippen LogP contribution in [0.2, 0.25) is 0 Å². The van der Waals surface area contributed by atoms with Gasteiger partial charge in [-0.2, -0.15) is 0 Å². The first-order valence-corrected chi connectivity index (χ1v) is 12.1. The lowest BCUT2D eigenvalue weighted by atomic mass is 9.83. The highest BCUT2D eigenvalue weighted by Gasteiger charge is 2.36. The summed E-state index contributed by atoms with van der Waals surface area (Å²) in [5.74, 6) is -4.26. The molecule has 11 nitrogen and oxygen atoms in total. The molecule has 0 aromatic heterocycles. The first-order valence-electron chi connectivity index (χ1n) is 12.1. The van der Waals surface area contributed by atoms with E-state index in [9.17, 15) is 39.3 Å². The van der Waals surface area contributed by atoms with E-state index in [4.69, 9.17) is 4.74 Å². The number of alkyl carbamates (subject to hydrolysis) is 1. The number of carboxylic acid groups (broad SMARTS) is 3. The predicted molar refractivity (Wildman–Crippen MR) is 135 cm³/mol. The van der Waals surface area contributed by atoms with Crippen molar-refractivity contribution < 1.29 is 44.0 Å². The third-order valence-electron chi connectivity index (χ3n) is 5.94. The minimum absolute atomic E-state index is 0.0356. The van der Waals surface area contributed by atoms with Crippen molar-refractivity contribution >= 4 is 29.9 Å². The maximum atomic E-state index is 13.5. The van der Waals surface area contributed by atoms with Crippen LogP contribution >= 0.6 is 0 Å². The van der Waals surface area contributed by atoms with Crippen LogP contribution < -0.4 is 10.6 Å². The number of hydrogen-bond donors (Lipinski definition) is 5. The Labute approximate surface area is 219 Å².